The summed E-state index contributed by atoms with van der Waals surface area (Å²) in [5.41, 5.74) is 1.64. The maximum atomic E-state index is 13.8. The molecular weight excluding hydrogens is 452 g/mol. The van der Waals surface area contributed by atoms with Crippen molar-refractivity contribution in [3.05, 3.63) is 65.5 Å². The average molecular weight is 487 g/mol. The van der Waals surface area contributed by atoms with Crippen LogP contribution in [0.2, 0.25) is 0 Å². The fourth-order valence-corrected chi connectivity index (χ4v) is 8.56. The van der Waals surface area contributed by atoms with Crippen molar-refractivity contribution in [2.75, 3.05) is 14.1 Å². The smallest absolute Gasteiger partial charge is 0.141 e. The first-order chi connectivity index (χ1) is 17.2. The second kappa shape index (κ2) is 7.35. The summed E-state index contributed by atoms with van der Waals surface area (Å²) < 4.78 is 7.16. The van der Waals surface area contributed by atoms with Crippen molar-refractivity contribution < 1.29 is 19.7 Å². The van der Waals surface area contributed by atoms with Gasteiger partial charge in [-0.15, -0.1) is 0 Å². The first kappa shape index (κ1) is 22.8. The van der Waals surface area contributed by atoms with Crippen LogP contribution in [-0.4, -0.2) is 69.4 Å². The Morgan fingerprint density at radius 1 is 1.14 bits per heavy atom. The number of fused-ring (bicyclic) bond motifs is 2. The van der Waals surface area contributed by atoms with Crippen LogP contribution in [0, 0.1) is 11.3 Å². The lowest BCUT2D eigenvalue weighted by Gasteiger charge is -2.55. The summed E-state index contributed by atoms with van der Waals surface area (Å²) in [6.07, 6.45) is 9.84. The van der Waals surface area contributed by atoms with Gasteiger partial charge in [-0.2, -0.15) is 0 Å². The zero-order valence-electron chi connectivity index (χ0n) is 21.1. The van der Waals surface area contributed by atoms with Gasteiger partial charge in [0.05, 0.1) is 17.3 Å². The number of aromatic nitrogens is 1. The minimum Gasteiger partial charge on any atom is -0.388 e. The predicted octanol–water partition coefficient (Wildman–Crippen LogP) is 3.53. The number of benzene rings is 1. The molecule has 36 heavy (non-hydrogen) atoms. The molecule has 2 spiro atoms. The van der Waals surface area contributed by atoms with Crippen LogP contribution in [0.15, 0.2) is 60.0 Å². The largest absolute Gasteiger partial charge is 0.388 e. The molecule has 3 aliphatic carbocycles. The van der Waals surface area contributed by atoms with Gasteiger partial charge >= 0.3 is 0 Å². The Hall–Kier alpha value is -2.38. The van der Waals surface area contributed by atoms with Gasteiger partial charge in [0.15, 0.2) is 0 Å². The van der Waals surface area contributed by atoms with E-state index < -0.39 is 23.4 Å². The van der Waals surface area contributed by atoms with E-state index in [1.54, 1.807) is 6.20 Å². The average Bonchev–Trinajstić information content (AvgIpc) is 3.32. The molecule has 2 aromatic rings. The Balaban J connectivity index is 1.32. The fourth-order valence-electron chi connectivity index (χ4n) is 8.56. The second-order valence-corrected chi connectivity index (χ2v) is 12.3. The molecular formula is C30H34N2O4. The van der Waals surface area contributed by atoms with Crippen LogP contribution < -0.4 is 0 Å². The SMILES string of the molecule is CN(C)[C@H]1C[C@@]23CC[C@@]4(O2)C(=CC[C@]2(C)C(c5ccc6ccncc6c5)C(=O)C[C@@H]42)C=C3[C@@H](O)[C@@H]1O. The van der Waals surface area contributed by atoms with Gasteiger partial charge in [0.2, 0.25) is 0 Å². The minimum atomic E-state index is -0.944. The lowest BCUT2D eigenvalue weighted by Crippen LogP contribution is -2.61. The standard InChI is InChI=1S/C30H34N2O4/c1-28-8-6-20-13-21-26(34)27(35)22(32(2)3)15-29(21)9-10-30(20,36-29)24(28)14-23(33)25(28)18-5-4-17-7-11-31-16-19(17)12-18/h4-7,11-13,16,22,24-27,34-35H,8-10,14-15H2,1-3H3/t22-,24+,25?,26+,27+,28-,29+,30+/m0/s1. The fraction of sp³-hybridized carbons (Fsp3) is 0.533. The number of rotatable bonds is 2. The van der Waals surface area contributed by atoms with Crippen LogP contribution >= 0.6 is 0 Å². The molecule has 1 aromatic heterocycles. The Morgan fingerprint density at radius 3 is 2.78 bits per heavy atom. The molecule has 5 aliphatic rings. The van der Waals surface area contributed by atoms with E-state index in [9.17, 15) is 15.0 Å². The predicted molar refractivity (Wildman–Crippen MR) is 136 cm³/mol. The van der Waals surface area contributed by atoms with E-state index in [1.807, 2.05) is 31.3 Å². The molecule has 188 valence electrons. The zero-order chi connectivity index (χ0) is 25.0. The number of Topliss-reactive ketones (excluding diaryl/α,β-unsaturated/α-hetero) is 1. The van der Waals surface area contributed by atoms with Crippen molar-refractivity contribution in [2.24, 2.45) is 11.3 Å². The van der Waals surface area contributed by atoms with Crippen LogP contribution in [0.5, 0.6) is 0 Å². The number of ketones is 1. The van der Waals surface area contributed by atoms with Gasteiger partial charge in [-0.25, -0.2) is 0 Å². The van der Waals surface area contributed by atoms with Crippen molar-refractivity contribution in [2.45, 2.75) is 74.4 Å². The molecule has 1 aromatic carbocycles. The Kier molecular flexibility index (Phi) is 4.65. The number of allylic oxidation sites excluding steroid dienone is 1. The van der Waals surface area contributed by atoms with E-state index in [-0.39, 0.29) is 23.3 Å². The molecule has 1 saturated heterocycles. The molecule has 0 radical (unpaired) electrons. The number of carbonyl (C=O) groups excluding carboxylic acids is 1. The number of likely N-dealkylation sites (N-methyl/N-ethyl adjacent to an activating group) is 1. The molecule has 7 rings (SSSR count). The summed E-state index contributed by atoms with van der Waals surface area (Å²) in [5, 5.41) is 24.2. The lowest BCUT2D eigenvalue weighted by atomic mass is 9.58. The van der Waals surface area contributed by atoms with E-state index in [1.165, 1.54) is 0 Å². The zero-order valence-corrected chi connectivity index (χ0v) is 21.1. The first-order valence-electron chi connectivity index (χ1n) is 13.2. The highest BCUT2D eigenvalue weighted by Gasteiger charge is 2.69. The van der Waals surface area contributed by atoms with Crippen LogP contribution in [0.4, 0.5) is 0 Å². The highest BCUT2D eigenvalue weighted by molar-refractivity contribution is 5.92. The molecule has 0 amide bonds. The number of hydrogen-bond acceptors (Lipinski definition) is 6. The molecule has 8 atom stereocenters. The third-order valence-electron chi connectivity index (χ3n) is 10.3. The maximum Gasteiger partial charge on any atom is 0.141 e. The van der Waals surface area contributed by atoms with E-state index >= 15 is 0 Å². The van der Waals surface area contributed by atoms with Crippen molar-refractivity contribution in [3.8, 4) is 0 Å². The Labute approximate surface area is 211 Å². The van der Waals surface area contributed by atoms with E-state index in [0.717, 1.165) is 46.7 Å². The summed E-state index contributed by atoms with van der Waals surface area (Å²) in [6.45, 7) is 2.28. The number of hydrogen-bond donors (Lipinski definition) is 2. The summed E-state index contributed by atoms with van der Waals surface area (Å²) >= 11 is 0. The molecule has 2 bridgehead atoms. The van der Waals surface area contributed by atoms with E-state index in [4.69, 9.17) is 4.74 Å². The topological polar surface area (TPSA) is 82.9 Å². The molecule has 2 N–H and O–H groups in total. The summed E-state index contributed by atoms with van der Waals surface area (Å²) in [5.74, 6) is 0.184. The monoisotopic (exact) mass is 486 g/mol. The second-order valence-electron chi connectivity index (χ2n) is 12.3. The number of nitrogens with zero attached hydrogens (tertiary/aromatic N) is 2. The van der Waals surface area contributed by atoms with Crippen molar-refractivity contribution in [1.82, 2.24) is 9.88 Å². The maximum absolute atomic E-state index is 13.8. The van der Waals surface area contributed by atoms with Crippen molar-refractivity contribution in [1.29, 1.82) is 0 Å². The summed E-state index contributed by atoms with van der Waals surface area (Å²) in [4.78, 5) is 20.0. The van der Waals surface area contributed by atoms with Crippen LogP contribution in [-0.2, 0) is 9.53 Å². The number of carbonyl (C=O) groups is 1. The number of aliphatic hydroxyl groups is 2. The van der Waals surface area contributed by atoms with Crippen molar-refractivity contribution >= 4 is 16.6 Å². The highest BCUT2D eigenvalue weighted by Crippen LogP contribution is 2.68. The summed E-state index contributed by atoms with van der Waals surface area (Å²) in [7, 11) is 3.89. The van der Waals surface area contributed by atoms with Gasteiger partial charge in [0, 0.05) is 42.1 Å². The molecule has 3 heterocycles. The Bertz CT molecular complexity index is 1350. The summed E-state index contributed by atoms with van der Waals surface area (Å²) in [6, 6.07) is 8.18. The van der Waals surface area contributed by atoms with Gasteiger partial charge in [-0.05, 0) is 79.4 Å². The van der Waals surface area contributed by atoms with Gasteiger partial charge in [-0.1, -0.05) is 31.2 Å². The first-order valence-corrected chi connectivity index (χ1v) is 13.2. The van der Waals surface area contributed by atoms with Gasteiger partial charge in [0.25, 0.3) is 0 Å². The van der Waals surface area contributed by atoms with Gasteiger partial charge in [-0.3, -0.25) is 9.78 Å². The molecule has 2 aliphatic heterocycles. The van der Waals surface area contributed by atoms with Crippen LogP contribution in [0.1, 0.15) is 50.5 Å². The van der Waals surface area contributed by atoms with Gasteiger partial charge < -0.3 is 19.8 Å². The normalized spacial score (nSPS) is 43.2. The molecule has 1 unspecified atom stereocenters. The van der Waals surface area contributed by atoms with Crippen molar-refractivity contribution in [3.63, 3.8) is 0 Å². The quantitative estimate of drug-likeness (QED) is 0.676. The van der Waals surface area contributed by atoms with E-state index in [2.05, 4.69) is 42.3 Å². The molecule has 3 fully saturated rings. The highest BCUT2D eigenvalue weighted by atomic mass is 16.5. The number of pyridine rings is 1. The lowest BCUT2D eigenvalue weighted by molar-refractivity contribution is -0.165. The number of aliphatic hydroxyl groups excluding tert-OH is 2. The number of ether oxygens (including phenoxy) is 1. The van der Waals surface area contributed by atoms with Gasteiger partial charge in [0.1, 0.15) is 11.9 Å². The van der Waals surface area contributed by atoms with Crippen LogP contribution in [0.25, 0.3) is 10.8 Å². The minimum absolute atomic E-state index is 0.0751. The molecule has 6 heteroatoms. The van der Waals surface area contributed by atoms with Crippen LogP contribution in [0.3, 0.4) is 0 Å². The Morgan fingerprint density at radius 2 is 1.97 bits per heavy atom. The van der Waals surface area contributed by atoms with E-state index in [0.29, 0.717) is 18.6 Å². The molecule has 2 saturated carbocycles. The molecule has 6 nitrogen and oxygen atoms in total. The third-order valence-corrected chi connectivity index (χ3v) is 10.3. The third kappa shape index (κ3) is 2.76.